The lowest BCUT2D eigenvalue weighted by Gasteiger charge is -2.42. The van der Waals surface area contributed by atoms with E-state index in [2.05, 4.69) is 5.32 Å². The number of hydrogen-bond acceptors (Lipinski definition) is 5. The van der Waals surface area contributed by atoms with Crippen molar-refractivity contribution in [3.63, 3.8) is 0 Å². The van der Waals surface area contributed by atoms with Crippen LogP contribution < -0.4 is 5.32 Å². The molecule has 0 aliphatic carbocycles. The summed E-state index contributed by atoms with van der Waals surface area (Å²) in [7, 11) is -3.70. The Hall–Kier alpha value is -1.77. The number of aliphatic hydroxyl groups excluding tert-OH is 1. The molecule has 0 spiro atoms. The highest BCUT2D eigenvalue weighted by atomic mass is 32.2. The van der Waals surface area contributed by atoms with E-state index in [-0.39, 0.29) is 31.0 Å². The van der Waals surface area contributed by atoms with Gasteiger partial charge < -0.3 is 15.5 Å². The molecule has 6 nitrogen and oxygen atoms in total. The summed E-state index contributed by atoms with van der Waals surface area (Å²) in [5.41, 5.74) is -0.342. The molecule has 2 atom stereocenters. The van der Waals surface area contributed by atoms with Crippen LogP contribution in [0.5, 0.6) is 0 Å². The van der Waals surface area contributed by atoms with Gasteiger partial charge in [0.2, 0.25) is 10.0 Å². The van der Waals surface area contributed by atoms with Crippen LogP contribution in [-0.2, 0) is 16.4 Å². The van der Waals surface area contributed by atoms with Crippen LogP contribution in [0.2, 0.25) is 0 Å². The van der Waals surface area contributed by atoms with Gasteiger partial charge in [0.15, 0.2) is 0 Å². The van der Waals surface area contributed by atoms with E-state index in [1.807, 2.05) is 30.3 Å². The predicted octanol–water partition coefficient (Wildman–Crippen LogP) is 1.01. The molecule has 1 heterocycles. The summed E-state index contributed by atoms with van der Waals surface area (Å²) in [6, 6.07) is 18.1. The number of rotatable bonds is 7. The number of nitrogens with zero attached hydrogens (tertiary/aromatic N) is 1. The fraction of sp³-hybridized carbons (Fsp3) is 0.400. The predicted molar refractivity (Wildman–Crippen MR) is 104 cm³/mol. The van der Waals surface area contributed by atoms with E-state index < -0.39 is 21.7 Å². The van der Waals surface area contributed by atoms with Gasteiger partial charge in [-0.2, -0.15) is 4.31 Å². The number of nitrogens with one attached hydrogen (secondary N) is 1. The van der Waals surface area contributed by atoms with Crippen LogP contribution in [0.4, 0.5) is 0 Å². The molecule has 3 N–H and O–H groups in total. The number of aliphatic hydroxyl groups is 2. The second-order valence-electron chi connectivity index (χ2n) is 6.97. The van der Waals surface area contributed by atoms with Crippen molar-refractivity contribution >= 4 is 10.0 Å². The summed E-state index contributed by atoms with van der Waals surface area (Å²) in [6.45, 7) is 0.806. The second-order valence-corrected chi connectivity index (χ2v) is 8.91. The molecule has 27 heavy (non-hydrogen) atoms. The molecule has 1 aliphatic rings. The van der Waals surface area contributed by atoms with Crippen LogP contribution in [0.3, 0.4) is 0 Å². The fourth-order valence-electron chi connectivity index (χ4n) is 3.33. The largest absolute Gasteiger partial charge is 0.390 e. The third kappa shape index (κ3) is 4.75. The Bertz CT molecular complexity index is 830. The number of benzene rings is 2. The average molecular weight is 391 g/mol. The summed E-state index contributed by atoms with van der Waals surface area (Å²) < 4.78 is 26.9. The molecule has 3 rings (SSSR count). The van der Waals surface area contributed by atoms with Crippen molar-refractivity contribution in [1.82, 2.24) is 9.62 Å². The van der Waals surface area contributed by atoms with E-state index in [9.17, 15) is 18.6 Å². The first-order chi connectivity index (χ1) is 12.9. The molecule has 2 aromatic carbocycles. The topological polar surface area (TPSA) is 89.9 Å². The Morgan fingerprint density at radius 1 is 1.07 bits per heavy atom. The highest BCUT2D eigenvalue weighted by Crippen LogP contribution is 2.26. The highest BCUT2D eigenvalue weighted by molar-refractivity contribution is 7.89. The van der Waals surface area contributed by atoms with Crippen LogP contribution in [0, 0.1) is 0 Å². The van der Waals surface area contributed by atoms with E-state index in [4.69, 9.17) is 0 Å². The summed E-state index contributed by atoms with van der Waals surface area (Å²) in [4.78, 5) is 0.195. The smallest absolute Gasteiger partial charge is 0.243 e. The summed E-state index contributed by atoms with van der Waals surface area (Å²) in [6.07, 6.45) is 0.0195. The van der Waals surface area contributed by atoms with Crippen LogP contribution in [0.15, 0.2) is 65.6 Å². The third-order valence-electron chi connectivity index (χ3n) is 4.97. The minimum atomic E-state index is -3.70. The van der Waals surface area contributed by atoms with Crippen LogP contribution in [0.25, 0.3) is 0 Å². The molecule has 0 saturated carbocycles. The molecule has 0 radical (unpaired) electrons. The second kappa shape index (κ2) is 8.50. The van der Waals surface area contributed by atoms with E-state index in [1.165, 1.54) is 22.0 Å². The fourth-order valence-corrected chi connectivity index (χ4v) is 4.87. The van der Waals surface area contributed by atoms with Crippen molar-refractivity contribution in [2.24, 2.45) is 0 Å². The number of piperidine rings is 1. The van der Waals surface area contributed by atoms with E-state index in [0.717, 1.165) is 6.42 Å². The van der Waals surface area contributed by atoms with Crippen LogP contribution in [-0.4, -0.2) is 60.8 Å². The lowest BCUT2D eigenvalue weighted by molar-refractivity contribution is -0.104. The van der Waals surface area contributed by atoms with Crippen molar-refractivity contribution in [1.29, 1.82) is 0 Å². The first kappa shape index (κ1) is 20.0. The van der Waals surface area contributed by atoms with E-state index in [0.29, 0.717) is 6.54 Å². The molecule has 1 fully saturated rings. The van der Waals surface area contributed by atoms with E-state index in [1.54, 1.807) is 18.2 Å². The van der Waals surface area contributed by atoms with Gasteiger partial charge in [-0.05, 0) is 37.1 Å². The quantitative estimate of drug-likeness (QED) is 0.614. The van der Waals surface area contributed by atoms with Crippen molar-refractivity contribution < 1.29 is 18.6 Å². The van der Waals surface area contributed by atoms with Gasteiger partial charge in [0, 0.05) is 19.6 Å². The molecule has 7 heteroatoms. The molecule has 2 aromatic rings. The zero-order valence-corrected chi connectivity index (χ0v) is 16.0. The number of β-amino-alcohol motifs (C(OH)–C–C–N with tert-alkyl or cyclic N) is 1. The first-order valence-corrected chi connectivity index (χ1v) is 10.6. The number of sulfonamides is 1. The van der Waals surface area contributed by atoms with Gasteiger partial charge in [-0.15, -0.1) is 0 Å². The monoisotopic (exact) mass is 390 g/mol. The van der Waals surface area contributed by atoms with Crippen molar-refractivity contribution in [3.8, 4) is 0 Å². The van der Waals surface area contributed by atoms with Gasteiger partial charge in [0.05, 0.1) is 11.0 Å². The molecule has 0 unspecified atom stereocenters. The molecule has 146 valence electrons. The first-order valence-electron chi connectivity index (χ1n) is 9.12. The maximum atomic E-state index is 12.8. The Balaban J connectivity index is 1.62. The SMILES string of the molecule is O=S(=O)(c1ccccc1)N1CC[C@H](O)[C@@](O)(CNCCc2ccccc2)C1. The average Bonchev–Trinajstić information content (AvgIpc) is 2.69. The lowest BCUT2D eigenvalue weighted by Crippen LogP contribution is -2.62. The van der Waals surface area contributed by atoms with Gasteiger partial charge in [-0.1, -0.05) is 48.5 Å². The molecule has 1 aliphatic heterocycles. The van der Waals surface area contributed by atoms with Gasteiger partial charge >= 0.3 is 0 Å². The van der Waals surface area contributed by atoms with Crippen molar-refractivity contribution in [3.05, 3.63) is 66.2 Å². The van der Waals surface area contributed by atoms with Crippen LogP contribution >= 0.6 is 0 Å². The van der Waals surface area contributed by atoms with Gasteiger partial charge in [-0.3, -0.25) is 0 Å². The Morgan fingerprint density at radius 2 is 1.70 bits per heavy atom. The molecule has 0 aromatic heterocycles. The Morgan fingerprint density at radius 3 is 2.37 bits per heavy atom. The van der Waals surface area contributed by atoms with Crippen molar-refractivity contribution in [2.75, 3.05) is 26.2 Å². The Kier molecular flexibility index (Phi) is 6.29. The maximum absolute atomic E-state index is 12.8. The van der Waals surface area contributed by atoms with Gasteiger partial charge in [0.1, 0.15) is 5.60 Å². The van der Waals surface area contributed by atoms with E-state index >= 15 is 0 Å². The summed E-state index contributed by atoms with van der Waals surface area (Å²) in [5.74, 6) is 0. The third-order valence-corrected chi connectivity index (χ3v) is 6.83. The number of hydrogen-bond donors (Lipinski definition) is 3. The minimum Gasteiger partial charge on any atom is -0.390 e. The lowest BCUT2D eigenvalue weighted by atomic mass is 9.90. The van der Waals surface area contributed by atoms with Gasteiger partial charge in [0.25, 0.3) is 0 Å². The standard InChI is InChI=1S/C20H26N2O4S/c23-19-12-14-22(27(25,26)18-9-5-2-6-10-18)16-20(19,24)15-21-13-11-17-7-3-1-4-8-17/h1-10,19,21,23-24H,11-16H2/t19-,20+/m0/s1. The Labute approximate surface area is 160 Å². The molecular formula is C20H26N2O4S. The molecular weight excluding hydrogens is 364 g/mol. The minimum absolute atomic E-state index is 0.127. The zero-order valence-electron chi connectivity index (χ0n) is 15.2. The molecule has 1 saturated heterocycles. The van der Waals surface area contributed by atoms with Crippen molar-refractivity contribution in [2.45, 2.75) is 29.4 Å². The molecule has 0 amide bonds. The summed E-state index contributed by atoms with van der Waals surface area (Å²) >= 11 is 0. The molecule has 0 bridgehead atoms. The summed E-state index contributed by atoms with van der Waals surface area (Å²) in [5, 5.41) is 24.3. The maximum Gasteiger partial charge on any atom is 0.243 e. The zero-order chi connectivity index (χ0) is 19.3. The highest BCUT2D eigenvalue weighted by Gasteiger charge is 2.44. The van der Waals surface area contributed by atoms with Crippen LogP contribution in [0.1, 0.15) is 12.0 Å². The normalized spacial score (nSPS) is 24.0. The van der Waals surface area contributed by atoms with Gasteiger partial charge in [-0.25, -0.2) is 8.42 Å².